The van der Waals surface area contributed by atoms with Crippen molar-refractivity contribution in [1.29, 1.82) is 0 Å². The van der Waals surface area contributed by atoms with Crippen LogP contribution >= 0.6 is 11.6 Å². The van der Waals surface area contributed by atoms with Gasteiger partial charge in [0.25, 0.3) is 0 Å². The maximum atomic E-state index is 11.3. The van der Waals surface area contributed by atoms with Crippen molar-refractivity contribution < 1.29 is 4.79 Å². The van der Waals surface area contributed by atoms with Crippen LogP contribution in [-0.4, -0.2) is 11.2 Å². The Balaban J connectivity index is 2.55. The molecule has 2 rings (SSSR count). The van der Waals surface area contributed by atoms with Crippen LogP contribution in [0.4, 0.5) is 0 Å². The van der Waals surface area contributed by atoms with Gasteiger partial charge >= 0.3 is 0 Å². The number of carbonyl (C=O) groups excluding carboxylic acids is 1. The van der Waals surface area contributed by atoms with Gasteiger partial charge in [-0.15, -0.1) is 11.6 Å². The summed E-state index contributed by atoms with van der Waals surface area (Å²) in [5, 5.41) is -0.326. The Bertz CT molecular complexity index is 306. The van der Waals surface area contributed by atoms with Crippen molar-refractivity contribution in [1.82, 2.24) is 0 Å². The summed E-state index contributed by atoms with van der Waals surface area (Å²) in [7, 11) is 0. The van der Waals surface area contributed by atoms with Crippen LogP contribution in [0, 0.1) is 0 Å². The van der Waals surface area contributed by atoms with E-state index < -0.39 is 0 Å². The van der Waals surface area contributed by atoms with E-state index >= 15 is 0 Å². The number of alkyl halides is 1. The molecular formula is C9H7ClO. The molecule has 0 saturated heterocycles. The smallest absolute Gasteiger partial charge is 0.181 e. The SMILES string of the molecule is O=C1c2ccccc2C[C@H]1Cl. The molecule has 1 nitrogen and oxygen atoms in total. The molecule has 0 aromatic heterocycles. The van der Waals surface area contributed by atoms with Gasteiger partial charge in [-0.3, -0.25) is 4.79 Å². The van der Waals surface area contributed by atoms with Gasteiger partial charge in [-0.05, 0) is 12.0 Å². The molecule has 11 heavy (non-hydrogen) atoms. The largest absolute Gasteiger partial charge is 0.292 e. The van der Waals surface area contributed by atoms with E-state index in [4.69, 9.17) is 11.6 Å². The first-order chi connectivity index (χ1) is 5.29. The Morgan fingerprint density at radius 2 is 2.09 bits per heavy atom. The van der Waals surface area contributed by atoms with Crippen LogP contribution in [0.2, 0.25) is 0 Å². The second-order valence-corrected chi connectivity index (χ2v) is 3.22. The zero-order chi connectivity index (χ0) is 7.84. The molecule has 2 heteroatoms. The molecule has 1 aromatic carbocycles. The van der Waals surface area contributed by atoms with Crippen molar-refractivity contribution in [2.75, 3.05) is 0 Å². The number of Topliss-reactive ketones (excluding diaryl/α,β-unsaturated/α-hetero) is 1. The van der Waals surface area contributed by atoms with E-state index in [0.29, 0.717) is 6.42 Å². The molecule has 0 aliphatic heterocycles. The minimum atomic E-state index is -0.326. The molecule has 1 aromatic rings. The molecule has 0 spiro atoms. The lowest BCUT2D eigenvalue weighted by Gasteiger charge is -1.92. The summed E-state index contributed by atoms with van der Waals surface area (Å²) >= 11 is 5.78. The van der Waals surface area contributed by atoms with Gasteiger partial charge in [-0.25, -0.2) is 0 Å². The van der Waals surface area contributed by atoms with Gasteiger partial charge in [0.05, 0.1) is 0 Å². The van der Waals surface area contributed by atoms with Gasteiger partial charge in [-0.2, -0.15) is 0 Å². The molecule has 1 atom stereocenters. The number of ketones is 1. The van der Waals surface area contributed by atoms with Crippen molar-refractivity contribution >= 4 is 17.4 Å². The number of hydrogen-bond acceptors (Lipinski definition) is 1. The molecule has 0 saturated carbocycles. The standard InChI is InChI=1S/C9H7ClO/c10-8-5-6-3-1-2-4-7(6)9(8)11/h1-4,8H,5H2/t8-/m1/s1. The van der Waals surface area contributed by atoms with Crippen LogP contribution < -0.4 is 0 Å². The Morgan fingerprint density at radius 1 is 1.36 bits per heavy atom. The van der Waals surface area contributed by atoms with Crippen LogP contribution in [0.5, 0.6) is 0 Å². The first-order valence-electron chi connectivity index (χ1n) is 3.55. The molecule has 0 radical (unpaired) electrons. The van der Waals surface area contributed by atoms with Gasteiger partial charge in [0.1, 0.15) is 5.38 Å². The third-order valence-corrected chi connectivity index (χ3v) is 2.32. The normalized spacial score (nSPS) is 21.9. The third-order valence-electron chi connectivity index (χ3n) is 1.97. The Morgan fingerprint density at radius 3 is 2.82 bits per heavy atom. The molecular weight excluding hydrogens is 160 g/mol. The minimum Gasteiger partial charge on any atom is -0.292 e. The highest BCUT2D eigenvalue weighted by atomic mass is 35.5. The highest BCUT2D eigenvalue weighted by molar-refractivity contribution is 6.35. The van der Waals surface area contributed by atoms with Crippen molar-refractivity contribution in [3.8, 4) is 0 Å². The van der Waals surface area contributed by atoms with Gasteiger partial charge < -0.3 is 0 Å². The molecule has 0 unspecified atom stereocenters. The van der Waals surface area contributed by atoms with Crippen molar-refractivity contribution in [2.24, 2.45) is 0 Å². The molecule has 56 valence electrons. The highest BCUT2D eigenvalue weighted by Gasteiger charge is 2.27. The minimum absolute atomic E-state index is 0.0715. The number of hydrogen-bond donors (Lipinski definition) is 0. The maximum absolute atomic E-state index is 11.3. The van der Waals surface area contributed by atoms with E-state index in [1.54, 1.807) is 0 Å². The number of benzene rings is 1. The lowest BCUT2D eigenvalue weighted by atomic mass is 10.1. The fourth-order valence-electron chi connectivity index (χ4n) is 1.39. The Labute approximate surface area is 70.0 Å². The van der Waals surface area contributed by atoms with E-state index in [9.17, 15) is 4.79 Å². The fourth-order valence-corrected chi connectivity index (χ4v) is 1.68. The molecule has 1 aliphatic rings. The fraction of sp³-hybridized carbons (Fsp3) is 0.222. The predicted molar refractivity (Wildman–Crippen MR) is 44.1 cm³/mol. The van der Waals surface area contributed by atoms with E-state index in [-0.39, 0.29) is 11.2 Å². The predicted octanol–water partition coefficient (Wildman–Crippen LogP) is 2.03. The monoisotopic (exact) mass is 166 g/mol. The van der Waals surface area contributed by atoms with E-state index in [1.807, 2.05) is 24.3 Å². The van der Waals surface area contributed by atoms with Gasteiger partial charge in [0, 0.05) is 5.56 Å². The van der Waals surface area contributed by atoms with Crippen LogP contribution in [0.3, 0.4) is 0 Å². The van der Waals surface area contributed by atoms with Crippen LogP contribution in [0.25, 0.3) is 0 Å². The molecule has 0 N–H and O–H groups in total. The lowest BCUT2D eigenvalue weighted by Crippen LogP contribution is -2.06. The number of carbonyl (C=O) groups is 1. The zero-order valence-corrected chi connectivity index (χ0v) is 6.64. The summed E-state index contributed by atoms with van der Waals surface area (Å²) in [6, 6.07) is 7.59. The molecule has 0 amide bonds. The first kappa shape index (κ1) is 6.86. The maximum Gasteiger partial charge on any atom is 0.181 e. The molecule has 0 fully saturated rings. The topological polar surface area (TPSA) is 17.1 Å². The first-order valence-corrected chi connectivity index (χ1v) is 3.99. The summed E-state index contributed by atoms with van der Waals surface area (Å²) in [5.74, 6) is 0.0715. The summed E-state index contributed by atoms with van der Waals surface area (Å²) in [6.45, 7) is 0. The quantitative estimate of drug-likeness (QED) is 0.539. The average molecular weight is 167 g/mol. The van der Waals surface area contributed by atoms with E-state index in [1.165, 1.54) is 0 Å². The van der Waals surface area contributed by atoms with Crippen molar-refractivity contribution in [3.05, 3.63) is 35.4 Å². The summed E-state index contributed by atoms with van der Waals surface area (Å²) < 4.78 is 0. The van der Waals surface area contributed by atoms with E-state index in [2.05, 4.69) is 0 Å². The summed E-state index contributed by atoms with van der Waals surface area (Å²) in [6.07, 6.45) is 0.691. The Kier molecular flexibility index (Phi) is 1.46. The molecule has 0 heterocycles. The van der Waals surface area contributed by atoms with E-state index in [0.717, 1.165) is 11.1 Å². The highest BCUT2D eigenvalue weighted by Crippen LogP contribution is 2.24. The third kappa shape index (κ3) is 0.962. The lowest BCUT2D eigenvalue weighted by molar-refractivity contribution is 0.0998. The van der Waals surface area contributed by atoms with Gasteiger partial charge in [0.2, 0.25) is 0 Å². The Hall–Kier alpha value is -0.820. The van der Waals surface area contributed by atoms with Crippen LogP contribution in [0.1, 0.15) is 15.9 Å². The van der Waals surface area contributed by atoms with Crippen molar-refractivity contribution in [2.45, 2.75) is 11.8 Å². The zero-order valence-electron chi connectivity index (χ0n) is 5.88. The van der Waals surface area contributed by atoms with Crippen LogP contribution in [-0.2, 0) is 6.42 Å². The summed E-state index contributed by atoms with van der Waals surface area (Å²) in [4.78, 5) is 11.3. The van der Waals surface area contributed by atoms with Gasteiger partial charge in [0.15, 0.2) is 5.78 Å². The second-order valence-electron chi connectivity index (χ2n) is 2.69. The molecule has 1 aliphatic carbocycles. The molecule has 0 bridgehead atoms. The number of fused-ring (bicyclic) bond motifs is 1. The average Bonchev–Trinajstić information content (AvgIpc) is 2.30. The van der Waals surface area contributed by atoms with Gasteiger partial charge in [-0.1, -0.05) is 24.3 Å². The second kappa shape index (κ2) is 2.35. The number of halogens is 1. The van der Waals surface area contributed by atoms with Crippen LogP contribution in [0.15, 0.2) is 24.3 Å². The number of rotatable bonds is 0. The summed E-state index contributed by atoms with van der Waals surface area (Å²) in [5.41, 5.74) is 1.88. The van der Waals surface area contributed by atoms with Crippen molar-refractivity contribution in [3.63, 3.8) is 0 Å².